The number of nitrogens with zero attached hydrogens (tertiary/aromatic N) is 2. The van der Waals surface area contributed by atoms with Gasteiger partial charge in [0.05, 0.1) is 17.2 Å². The average molecular weight is 593 g/mol. The monoisotopic (exact) mass is 591 g/mol. The summed E-state index contributed by atoms with van der Waals surface area (Å²) in [6.45, 7) is 5.59. The number of hydrogen-bond acceptors (Lipinski definition) is 5. The molecule has 208 valence electrons. The van der Waals surface area contributed by atoms with Crippen molar-refractivity contribution in [2.24, 2.45) is 0 Å². The maximum atomic E-state index is 13.8. The van der Waals surface area contributed by atoms with E-state index in [0.29, 0.717) is 28.9 Å². The SMILES string of the molecule is CCNC(=O)C(C)N(Cc1ccc(Cl)cc1)C(=O)CN(c1ccc(OCC)cc1)S(=O)(=O)c1ccc(Cl)cc1. The van der Waals surface area contributed by atoms with Crippen LogP contribution in [0.3, 0.4) is 0 Å². The van der Waals surface area contributed by atoms with Gasteiger partial charge in [0.1, 0.15) is 18.3 Å². The molecule has 3 aromatic rings. The van der Waals surface area contributed by atoms with E-state index in [1.165, 1.54) is 29.2 Å². The Bertz CT molecular complexity index is 1370. The minimum atomic E-state index is -4.19. The van der Waals surface area contributed by atoms with E-state index in [2.05, 4.69) is 5.32 Å². The summed E-state index contributed by atoms with van der Waals surface area (Å²) in [5.74, 6) is -0.353. The molecule has 0 aromatic heterocycles. The fraction of sp³-hybridized carbons (Fsp3) is 0.286. The van der Waals surface area contributed by atoms with Crippen molar-refractivity contribution in [3.63, 3.8) is 0 Å². The van der Waals surface area contributed by atoms with Crippen molar-refractivity contribution in [3.05, 3.63) is 88.4 Å². The van der Waals surface area contributed by atoms with Gasteiger partial charge in [-0.05, 0) is 87.0 Å². The number of hydrogen-bond donors (Lipinski definition) is 1. The van der Waals surface area contributed by atoms with Gasteiger partial charge in [0.2, 0.25) is 11.8 Å². The first-order valence-corrected chi connectivity index (χ1v) is 14.6. The fourth-order valence-electron chi connectivity index (χ4n) is 3.83. The number of carbonyl (C=O) groups excluding carboxylic acids is 2. The van der Waals surface area contributed by atoms with Crippen LogP contribution in [0.1, 0.15) is 26.3 Å². The summed E-state index contributed by atoms with van der Waals surface area (Å²) in [4.78, 5) is 27.9. The van der Waals surface area contributed by atoms with Crippen molar-refractivity contribution < 1.29 is 22.7 Å². The average Bonchev–Trinajstić information content (AvgIpc) is 2.92. The largest absolute Gasteiger partial charge is 0.494 e. The number of benzene rings is 3. The summed E-state index contributed by atoms with van der Waals surface area (Å²) in [6.07, 6.45) is 0. The first-order valence-electron chi connectivity index (χ1n) is 12.4. The number of sulfonamides is 1. The van der Waals surface area contributed by atoms with Gasteiger partial charge in [0.25, 0.3) is 10.0 Å². The van der Waals surface area contributed by atoms with Crippen LogP contribution in [0.4, 0.5) is 5.69 Å². The van der Waals surface area contributed by atoms with Crippen LogP contribution >= 0.6 is 23.2 Å². The Morgan fingerprint density at radius 3 is 2.00 bits per heavy atom. The number of amides is 2. The maximum absolute atomic E-state index is 13.8. The number of rotatable bonds is 12. The zero-order chi connectivity index (χ0) is 28.6. The Morgan fingerprint density at radius 1 is 0.897 bits per heavy atom. The lowest BCUT2D eigenvalue weighted by molar-refractivity contribution is -0.139. The lowest BCUT2D eigenvalue weighted by Crippen LogP contribution is -2.51. The van der Waals surface area contributed by atoms with Gasteiger partial charge in [0.15, 0.2) is 0 Å². The van der Waals surface area contributed by atoms with Crippen LogP contribution < -0.4 is 14.4 Å². The molecule has 3 rings (SSSR count). The van der Waals surface area contributed by atoms with E-state index >= 15 is 0 Å². The molecule has 0 aliphatic carbocycles. The molecule has 11 heteroatoms. The number of nitrogens with one attached hydrogen (secondary N) is 1. The van der Waals surface area contributed by atoms with Gasteiger partial charge in [-0.1, -0.05) is 35.3 Å². The Balaban J connectivity index is 2.02. The highest BCUT2D eigenvalue weighted by molar-refractivity contribution is 7.92. The van der Waals surface area contributed by atoms with Gasteiger partial charge in [-0.2, -0.15) is 0 Å². The molecule has 2 amide bonds. The zero-order valence-electron chi connectivity index (χ0n) is 21.9. The number of carbonyl (C=O) groups is 2. The van der Waals surface area contributed by atoms with E-state index in [-0.39, 0.29) is 23.0 Å². The summed E-state index contributed by atoms with van der Waals surface area (Å²) in [6, 6.07) is 18.1. The predicted molar refractivity (Wildman–Crippen MR) is 154 cm³/mol. The molecular formula is C28H31Cl2N3O5S. The Morgan fingerprint density at radius 2 is 1.46 bits per heavy atom. The second kappa shape index (κ2) is 13.7. The Hall–Kier alpha value is -3.27. The lowest BCUT2D eigenvalue weighted by Gasteiger charge is -2.32. The molecule has 1 N–H and O–H groups in total. The smallest absolute Gasteiger partial charge is 0.264 e. The van der Waals surface area contributed by atoms with Crippen molar-refractivity contribution in [1.29, 1.82) is 0 Å². The topological polar surface area (TPSA) is 96.0 Å². The normalized spacial score (nSPS) is 11.9. The van der Waals surface area contributed by atoms with Crippen LogP contribution in [0.15, 0.2) is 77.7 Å². The summed E-state index contributed by atoms with van der Waals surface area (Å²) < 4.78 is 34.1. The van der Waals surface area contributed by atoms with Crippen LogP contribution in [0.2, 0.25) is 10.0 Å². The molecule has 3 aromatic carbocycles. The Labute approximate surface area is 239 Å². The molecule has 39 heavy (non-hydrogen) atoms. The van der Waals surface area contributed by atoms with Crippen LogP contribution in [0, 0.1) is 0 Å². The minimum Gasteiger partial charge on any atom is -0.494 e. The molecule has 0 saturated heterocycles. The van der Waals surface area contributed by atoms with E-state index in [1.807, 2.05) is 6.92 Å². The third-order valence-electron chi connectivity index (χ3n) is 5.90. The third kappa shape index (κ3) is 7.88. The zero-order valence-corrected chi connectivity index (χ0v) is 24.3. The highest BCUT2D eigenvalue weighted by Gasteiger charge is 2.32. The molecule has 0 bridgehead atoms. The van der Waals surface area contributed by atoms with Crippen molar-refractivity contribution in [2.75, 3.05) is 24.0 Å². The van der Waals surface area contributed by atoms with Crippen molar-refractivity contribution in [3.8, 4) is 5.75 Å². The van der Waals surface area contributed by atoms with Crippen LogP contribution in [-0.2, 0) is 26.2 Å². The molecule has 8 nitrogen and oxygen atoms in total. The van der Waals surface area contributed by atoms with Gasteiger partial charge in [0, 0.05) is 23.1 Å². The molecule has 1 atom stereocenters. The molecule has 0 aliphatic rings. The highest BCUT2D eigenvalue weighted by Crippen LogP contribution is 2.27. The minimum absolute atomic E-state index is 0.0328. The van der Waals surface area contributed by atoms with E-state index in [4.69, 9.17) is 27.9 Å². The van der Waals surface area contributed by atoms with Crippen molar-refractivity contribution in [2.45, 2.75) is 38.3 Å². The lowest BCUT2D eigenvalue weighted by atomic mass is 10.1. The third-order valence-corrected chi connectivity index (χ3v) is 8.19. The molecule has 0 fully saturated rings. The second-order valence-corrected chi connectivity index (χ2v) is 11.3. The van der Waals surface area contributed by atoms with E-state index in [0.717, 1.165) is 9.87 Å². The second-order valence-electron chi connectivity index (χ2n) is 8.61. The Kier molecular flexibility index (Phi) is 10.6. The molecule has 0 aliphatic heterocycles. The first kappa shape index (κ1) is 30.3. The van der Waals surface area contributed by atoms with Gasteiger partial charge in [-0.25, -0.2) is 8.42 Å². The molecule has 0 saturated carbocycles. The van der Waals surface area contributed by atoms with Gasteiger partial charge < -0.3 is 15.0 Å². The molecule has 0 spiro atoms. The molecule has 1 unspecified atom stereocenters. The number of likely N-dealkylation sites (N-methyl/N-ethyl adjacent to an activating group) is 1. The first-order chi connectivity index (χ1) is 18.6. The number of anilines is 1. The van der Waals surface area contributed by atoms with E-state index in [9.17, 15) is 18.0 Å². The van der Waals surface area contributed by atoms with Crippen molar-refractivity contribution in [1.82, 2.24) is 10.2 Å². The highest BCUT2D eigenvalue weighted by atomic mass is 35.5. The summed E-state index contributed by atoms with van der Waals surface area (Å²) in [5, 5.41) is 3.64. The number of ether oxygens (including phenoxy) is 1. The van der Waals surface area contributed by atoms with Crippen LogP contribution in [-0.4, -0.2) is 50.9 Å². The van der Waals surface area contributed by atoms with Crippen LogP contribution in [0.25, 0.3) is 0 Å². The quantitative estimate of drug-likeness (QED) is 0.314. The number of halogens is 2. The summed E-state index contributed by atoms with van der Waals surface area (Å²) >= 11 is 12.0. The van der Waals surface area contributed by atoms with Gasteiger partial charge in [-0.15, -0.1) is 0 Å². The fourth-order valence-corrected chi connectivity index (χ4v) is 5.50. The predicted octanol–water partition coefficient (Wildman–Crippen LogP) is 5.14. The summed E-state index contributed by atoms with van der Waals surface area (Å²) in [5.41, 5.74) is 0.996. The molecular weight excluding hydrogens is 561 g/mol. The molecule has 0 heterocycles. The van der Waals surface area contributed by atoms with Crippen molar-refractivity contribution >= 4 is 50.7 Å². The van der Waals surface area contributed by atoms with E-state index < -0.39 is 28.5 Å². The molecule has 0 radical (unpaired) electrons. The standard InChI is InChI=1S/C28H31Cl2N3O5S/c1-4-31-28(35)20(3)32(18-21-6-8-22(29)9-7-21)27(34)19-33(24-12-14-25(15-13-24)38-5-2)39(36,37)26-16-10-23(30)11-17-26/h6-17,20H,4-5,18-19H2,1-3H3,(H,31,35). The summed E-state index contributed by atoms with van der Waals surface area (Å²) in [7, 11) is -4.19. The maximum Gasteiger partial charge on any atom is 0.264 e. The van der Waals surface area contributed by atoms with Crippen LogP contribution in [0.5, 0.6) is 5.75 Å². The van der Waals surface area contributed by atoms with Gasteiger partial charge in [-0.3, -0.25) is 13.9 Å². The van der Waals surface area contributed by atoms with Gasteiger partial charge >= 0.3 is 0 Å². The van der Waals surface area contributed by atoms with E-state index in [1.54, 1.807) is 62.4 Å².